The molecule has 3 aromatic rings. The Morgan fingerprint density at radius 2 is 1.96 bits per heavy atom. The van der Waals surface area contributed by atoms with Gasteiger partial charge in [-0.1, -0.05) is 0 Å². The molecule has 124 valence electrons. The first-order valence-electron chi connectivity index (χ1n) is 7.27. The van der Waals surface area contributed by atoms with Crippen molar-refractivity contribution < 1.29 is 19.4 Å². The number of ether oxygens (including phenoxy) is 2. The van der Waals surface area contributed by atoms with Crippen molar-refractivity contribution in [1.29, 1.82) is 0 Å². The van der Waals surface area contributed by atoms with E-state index in [1.165, 1.54) is 14.2 Å². The van der Waals surface area contributed by atoms with Crippen LogP contribution in [0, 0.1) is 0 Å². The summed E-state index contributed by atoms with van der Waals surface area (Å²) in [5.74, 6) is 0.899. The van der Waals surface area contributed by atoms with Crippen LogP contribution in [0.2, 0.25) is 0 Å². The van der Waals surface area contributed by atoms with Gasteiger partial charge >= 0.3 is 0 Å². The van der Waals surface area contributed by atoms with Crippen molar-refractivity contribution in [1.82, 2.24) is 14.7 Å². The molecule has 0 spiro atoms. The molecule has 0 fully saturated rings. The fraction of sp³-hybridized carbons (Fsp3) is 0.176. The van der Waals surface area contributed by atoms with Gasteiger partial charge in [-0.3, -0.25) is 4.79 Å². The molecule has 0 saturated carbocycles. The second kappa shape index (κ2) is 6.49. The molecule has 0 saturated heterocycles. The number of nitrogens with zero attached hydrogens (tertiary/aromatic N) is 2. The molecule has 7 nitrogen and oxygen atoms in total. The smallest absolute Gasteiger partial charge is 0.251 e. The number of carbonyl (C=O) groups excluding carboxylic acids is 1. The second-order valence-electron chi connectivity index (χ2n) is 5.14. The van der Waals surface area contributed by atoms with Gasteiger partial charge in [-0.15, -0.1) is 0 Å². The van der Waals surface area contributed by atoms with Crippen LogP contribution in [0.4, 0.5) is 0 Å². The lowest BCUT2D eigenvalue weighted by Crippen LogP contribution is -2.23. The fourth-order valence-corrected chi connectivity index (χ4v) is 2.35. The number of rotatable bonds is 5. The molecule has 24 heavy (non-hydrogen) atoms. The number of hydrogen-bond acceptors (Lipinski definition) is 5. The van der Waals surface area contributed by atoms with Gasteiger partial charge < -0.3 is 24.3 Å². The maximum Gasteiger partial charge on any atom is 0.251 e. The van der Waals surface area contributed by atoms with E-state index in [0.29, 0.717) is 28.4 Å². The van der Waals surface area contributed by atoms with E-state index in [0.717, 1.165) is 0 Å². The number of nitrogens with one attached hydrogen (secondary N) is 1. The number of benzene rings is 1. The molecule has 0 aliphatic rings. The minimum Gasteiger partial charge on any atom is -0.504 e. The van der Waals surface area contributed by atoms with Gasteiger partial charge in [0.05, 0.1) is 26.5 Å². The van der Waals surface area contributed by atoms with E-state index in [-0.39, 0.29) is 18.2 Å². The molecule has 1 amide bonds. The summed E-state index contributed by atoms with van der Waals surface area (Å²) in [4.78, 5) is 16.6. The molecule has 1 aromatic carbocycles. The van der Waals surface area contributed by atoms with Gasteiger partial charge in [0.1, 0.15) is 11.5 Å². The molecule has 0 aliphatic heterocycles. The van der Waals surface area contributed by atoms with Crippen LogP contribution in [0.5, 0.6) is 17.2 Å². The highest BCUT2D eigenvalue weighted by molar-refractivity contribution is 5.95. The third-order valence-electron chi connectivity index (χ3n) is 3.56. The Morgan fingerprint density at radius 1 is 1.25 bits per heavy atom. The fourth-order valence-electron chi connectivity index (χ4n) is 2.35. The number of imidazole rings is 1. The Morgan fingerprint density at radius 3 is 2.58 bits per heavy atom. The summed E-state index contributed by atoms with van der Waals surface area (Å²) in [6.07, 6.45) is 3.53. The lowest BCUT2D eigenvalue weighted by atomic mass is 10.2. The predicted octanol–water partition coefficient (Wildman–Crippen LogP) is 1.99. The van der Waals surface area contributed by atoms with Crippen LogP contribution in [0.1, 0.15) is 16.1 Å². The molecule has 3 rings (SSSR count). The Balaban J connectivity index is 1.76. The first-order valence-corrected chi connectivity index (χ1v) is 7.27. The SMILES string of the molecule is COc1cc(OC)cc(C(=O)NCc2cn3cccc(O)c3n2)c1. The predicted molar refractivity (Wildman–Crippen MR) is 87.6 cm³/mol. The zero-order chi connectivity index (χ0) is 17.1. The van der Waals surface area contributed by atoms with Crippen LogP contribution in [0.3, 0.4) is 0 Å². The van der Waals surface area contributed by atoms with Gasteiger partial charge in [0, 0.05) is 24.0 Å². The van der Waals surface area contributed by atoms with E-state index >= 15 is 0 Å². The molecule has 0 bridgehead atoms. The number of carbonyl (C=O) groups is 1. The lowest BCUT2D eigenvalue weighted by molar-refractivity contribution is 0.0949. The van der Waals surface area contributed by atoms with Crippen molar-refractivity contribution in [3.05, 3.63) is 54.0 Å². The number of fused-ring (bicyclic) bond motifs is 1. The highest BCUT2D eigenvalue weighted by Gasteiger charge is 2.11. The van der Waals surface area contributed by atoms with Crippen molar-refractivity contribution in [2.75, 3.05) is 14.2 Å². The molecule has 0 aliphatic carbocycles. The lowest BCUT2D eigenvalue weighted by Gasteiger charge is -2.08. The molecule has 2 aromatic heterocycles. The molecule has 0 radical (unpaired) electrons. The van der Waals surface area contributed by atoms with E-state index in [4.69, 9.17) is 9.47 Å². The number of aromatic nitrogens is 2. The maximum absolute atomic E-state index is 12.3. The van der Waals surface area contributed by atoms with Gasteiger partial charge in [0.25, 0.3) is 5.91 Å². The maximum atomic E-state index is 12.3. The summed E-state index contributed by atoms with van der Waals surface area (Å²) in [5.41, 5.74) is 1.52. The van der Waals surface area contributed by atoms with Crippen molar-refractivity contribution >= 4 is 11.6 Å². The zero-order valence-corrected chi connectivity index (χ0v) is 13.3. The number of amides is 1. The largest absolute Gasteiger partial charge is 0.504 e. The second-order valence-corrected chi connectivity index (χ2v) is 5.14. The minimum atomic E-state index is -0.270. The Bertz CT molecular complexity index is 866. The van der Waals surface area contributed by atoms with Crippen LogP contribution in [0.25, 0.3) is 5.65 Å². The third-order valence-corrected chi connectivity index (χ3v) is 3.56. The number of methoxy groups -OCH3 is 2. The van der Waals surface area contributed by atoms with Gasteiger partial charge in [0.15, 0.2) is 11.4 Å². The third kappa shape index (κ3) is 3.10. The number of pyridine rings is 1. The molecular formula is C17H17N3O4. The van der Waals surface area contributed by atoms with Crippen LogP contribution in [0.15, 0.2) is 42.7 Å². The molecule has 0 unspecified atom stereocenters. The molecule has 0 atom stereocenters. The molecule has 2 heterocycles. The van der Waals surface area contributed by atoms with Gasteiger partial charge in [-0.2, -0.15) is 0 Å². The monoisotopic (exact) mass is 327 g/mol. The van der Waals surface area contributed by atoms with E-state index in [2.05, 4.69) is 10.3 Å². The quantitative estimate of drug-likeness (QED) is 0.748. The summed E-state index contributed by atoms with van der Waals surface area (Å²) < 4.78 is 12.0. The van der Waals surface area contributed by atoms with Gasteiger partial charge in [-0.05, 0) is 24.3 Å². The summed E-state index contributed by atoms with van der Waals surface area (Å²) in [5, 5.41) is 12.5. The van der Waals surface area contributed by atoms with Crippen molar-refractivity contribution in [2.24, 2.45) is 0 Å². The summed E-state index contributed by atoms with van der Waals surface area (Å²) >= 11 is 0. The minimum absolute atomic E-state index is 0.0904. The van der Waals surface area contributed by atoms with E-state index < -0.39 is 0 Å². The molecular weight excluding hydrogens is 310 g/mol. The Labute approximate surface area is 138 Å². The Kier molecular flexibility index (Phi) is 4.24. The van der Waals surface area contributed by atoms with Crippen LogP contribution in [-0.2, 0) is 6.54 Å². The van der Waals surface area contributed by atoms with E-state index in [9.17, 15) is 9.90 Å². The summed E-state index contributed by atoms with van der Waals surface area (Å²) in [7, 11) is 3.05. The van der Waals surface area contributed by atoms with Crippen molar-refractivity contribution in [2.45, 2.75) is 6.54 Å². The van der Waals surface area contributed by atoms with Gasteiger partial charge in [-0.25, -0.2) is 4.98 Å². The van der Waals surface area contributed by atoms with Crippen molar-refractivity contribution in [3.8, 4) is 17.2 Å². The highest BCUT2D eigenvalue weighted by Crippen LogP contribution is 2.22. The Hall–Kier alpha value is -3.22. The van der Waals surface area contributed by atoms with Crippen molar-refractivity contribution in [3.63, 3.8) is 0 Å². The number of aromatic hydroxyl groups is 1. The zero-order valence-electron chi connectivity index (χ0n) is 13.3. The standard InChI is InChI=1S/C17H17N3O4/c1-23-13-6-11(7-14(8-13)24-2)17(22)18-9-12-10-20-5-3-4-15(21)16(20)19-12/h3-8,10,21H,9H2,1-2H3,(H,18,22). The van der Waals surface area contributed by atoms with Crippen LogP contribution in [-0.4, -0.2) is 34.6 Å². The van der Waals surface area contributed by atoms with E-state index in [1.807, 2.05) is 0 Å². The van der Waals surface area contributed by atoms with Crippen LogP contribution < -0.4 is 14.8 Å². The number of hydrogen-bond donors (Lipinski definition) is 2. The first kappa shape index (κ1) is 15.7. The normalized spacial score (nSPS) is 10.6. The first-order chi connectivity index (χ1) is 11.6. The highest BCUT2D eigenvalue weighted by atomic mass is 16.5. The topological polar surface area (TPSA) is 85.1 Å². The summed E-state index contributed by atoms with van der Waals surface area (Å²) in [6.45, 7) is 0.236. The van der Waals surface area contributed by atoms with E-state index in [1.54, 1.807) is 47.1 Å². The average molecular weight is 327 g/mol. The van der Waals surface area contributed by atoms with Crippen LogP contribution >= 0.6 is 0 Å². The van der Waals surface area contributed by atoms with Gasteiger partial charge in [0.2, 0.25) is 0 Å². The molecule has 7 heteroatoms. The molecule has 2 N–H and O–H groups in total. The average Bonchev–Trinajstić information content (AvgIpc) is 3.03. The summed E-state index contributed by atoms with van der Waals surface area (Å²) in [6, 6.07) is 8.24.